The van der Waals surface area contributed by atoms with Gasteiger partial charge in [0.05, 0.1) is 12.7 Å². The lowest BCUT2D eigenvalue weighted by atomic mass is 10.0. The maximum Gasteiger partial charge on any atom is 0.337 e. The number of nitrogens with one attached hydrogen (secondary N) is 1. The van der Waals surface area contributed by atoms with E-state index in [2.05, 4.69) is 4.74 Å². The number of hydrogen-bond acceptors (Lipinski definition) is 4. The molecule has 0 aliphatic heterocycles. The molecule has 80 valence electrons. The van der Waals surface area contributed by atoms with Crippen LogP contribution in [0.1, 0.15) is 29.3 Å². The lowest BCUT2D eigenvalue weighted by molar-refractivity contribution is 0.0601. The maximum atomic E-state index is 11.3. The van der Waals surface area contributed by atoms with Crippen molar-refractivity contribution in [1.82, 2.24) is 0 Å². The molecular weight excluding hydrogens is 192 g/mol. The SMILES string of the molecule is CCC(=N)c1cc(C(=O)OC)ccc1N. The second kappa shape index (κ2) is 4.59. The summed E-state index contributed by atoms with van der Waals surface area (Å²) in [7, 11) is 1.32. The van der Waals surface area contributed by atoms with Crippen molar-refractivity contribution in [3.05, 3.63) is 29.3 Å². The van der Waals surface area contributed by atoms with Crippen LogP contribution in [0.3, 0.4) is 0 Å². The molecule has 1 aromatic carbocycles. The van der Waals surface area contributed by atoms with E-state index in [4.69, 9.17) is 11.1 Å². The molecule has 0 unspecified atom stereocenters. The molecule has 0 amide bonds. The molecule has 1 aromatic rings. The molecule has 3 N–H and O–H groups in total. The van der Waals surface area contributed by atoms with Gasteiger partial charge in [-0.25, -0.2) is 4.79 Å². The third-order valence-corrected chi connectivity index (χ3v) is 2.15. The second-order valence-electron chi connectivity index (χ2n) is 3.13. The smallest absolute Gasteiger partial charge is 0.337 e. The molecule has 0 spiro atoms. The third kappa shape index (κ3) is 2.34. The molecule has 0 saturated heterocycles. The minimum Gasteiger partial charge on any atom is -0.465 e. The summed E-state index contributed by atoms with van der Waals surface area (Å²) in [6.45, 7) is 1.87. The quantitative estimate of drug-likeness (QED) is 0.450. The average Bonchev–Trinajstić information content (AvgIpc) is 2.27. The summed E-state index contributed by atoms with van der Waals surface area (Å²) in [6, 6.07) is 4.80. The zero-order valence-corrected chi connectivity index (χ0v) is 8.83. The normalized spacial score (nSPS) is 9.73. The van der Waals surface area contributed by atoms with E-state index in [0.717, 1.165) is 0 Å². The fraction of sp³-hybridized carbons (Fsp3) is 0.273. The van der Waals surface area contributed by atoms with Gasteiger partial charge in [-0.2, -0.15) is 0 Å². The monoisotopic (exact) mass is 206 g/mol. The Labute approximate surface area is 88.6 Å². The van der Waals surface area contributed by atoms with Crippen LogP contribution in [0.4, 0.5) is 5.69 Å². The number of methoxy groups -OCH3 is 1. The van der Waals surface area contributed by atoms with Gasteiger partial charge in [0.2, 0.25) is 0 Å². The highest BCUT2D eigenvalue weighted by Gasteiger charge is 2.10. The summed E-state index contributed by atoms with van der Waals surface area (Å²) in [4.78, 5) is 11.3. The number of benzene rings is 1. The maximum absolute atomic E-state index is 11.3. The zero-order chi connectivity index (χ0) is 11.4. The van der Waals surface area contributed by atoms with Gasteiger partial charge in [0, 0.05) is 17.0 Å². The van der Waals surface area contributed by atoms with Crippen LogP contribution in [0.25, 0.3) is 0 Å². The highest BCUT2D eigenvalue weighted by molar-refractivity contribution is 6.04. The summed E-state index contributed by atoms with van der Waals surface area (Å²) < 4.78 is 4.59. The summed E-state index contributed by atoms with van der Waals surface area (Å²) in [5.74, 6) is -0.417. The fourth-order valence-corrected chi connectivity index (χ4v) is 1.25. The van der Waals surface area contributed by atoms with E-state index >= 15 is 0 Å². The molecule has 0 radical (unpaired) electrons. The fourth-order valence-electron chi connectivity index (χ4n) is 1.25. The summed E-state index contributed by atoms with van der Waals surface area (Å²) >= 11 is 0. The molecule has 0 aliphatic carbocycles. The predicted octanol–water partition coefficient (Wildman–Crippen LogP) is 1.83. The van der Waals surface area contributed by atoms with Gasteiger partial charge in [-0.05, 0) is 24.6 Å². The van der Waals surface area contributed by atoms with E-state index in [1.54, 1.807) is 18.2 Å². The second-order valence-corrected chi connectivity index (χ2v) is 3.13. The first-order chi connectivity index (χ1) is 7.10. The van der Waals surface area contributed by atoms with Crippen molar-refractivity contribution in [2.24, 2.45) is 0 Å². The van der Waals surface area contributed by atoms with Gasteiger partial charge in [-0.3, -0.25) is 0 Å². The molecule has 0 saturated carbocycles. The largest absolute Gasteiger partial charge is 0.465 e. The molecular formula is C11H14N2O2. The average molecular weight is 206 g/mol. The Morgan fingerprint density at radius 2 is 2.20 bits per heavy atom. The van der Waals surface area contributed by atoms with Crippen LogP contribution in [0.2, 0.25) is 0 Å². The molecule has 0 heterocycles. The van der Waals surface area contributed by atoms with Gasteiger partial charge in [0.1, 0.15) is 0 Å². The summed E-state index contributed by atoms with van der Waals surface area (Å²) in [6.07, 6.45) is 0.578. The Morgan fingerprint density at radius 3 is 2.73 bits per heavy atom. The van der Waals surface area contributed by atoms with E-state index in [9.17, 15) is 4.79 Å². The number of rotatable bonds is 3. The van der Waals surface area contributed by atoms with E-state index < -0.39 is 5.97 Å². The molecule has 15 heavy (non-hydrogen) atoms. The van der Waals surface area contributed by atoms with Gasteiger partial charge < -0.3 is 15.9 Å². The van der Waals surface area contributed by atoms with E-state index in [0.29, 0.717) is 28.9 Å². The van der Waals surface area contributed by atoms with Crippen molar-refractivity contribution in [3.8, 4) is 0 Å². The Balaban J connectivity index is 3.16. The van der Waals surface area contributed by atoms with Crippen LogP contribution in [0.5, 0.6) is 0 Å². The van der Waals surface area contributed by atoms with Crippen LogP contribution in [0, 0.1) is 5.41 Å². The Bertz CT molecular complexity index is 400. The topological polar surface area (TPSA) is 76.2 Å². The molecule has 0 aliphatic rings. The van der Waals surface area contributed by atoms with Crippen LogP contribution in [-0.4, -0.2) is 18.8 Å². The minimum atomic E-state index is -0.417. The van der Waals surface area contributed by atoms with Crippen LogP contribution in [-0.2, 0) is 4.74 Å². The number of nitrogens with two attached hydrogens (primary N) is 1. The van der Waals surface area contributed by atoms with Gasteiger partial charge >= 0.3 is 5.97 Å². The summed E-state index contributed by atoms with van der Waals surface area (Å²) in [5, 5.41) is 7.68. The van der Waals surface area contributed by atoms with Gasteiger partial charge in [-0.1, -0.05) is 6.92 Å². The van der Waals surface area contributed by atoms with Crippen molar-refractivity contribution in [2.75, 3.05) is 12.8 Å². The number of nitrogen functional groups attached to an aromatic ring is 1. The third-order valence-electron chi connectivity index (χ3n) is 2.15. The zero-order valence-electron chi connectivity index (χ0n) is 8.83. The van der Waals surface area contributed by atoms with Crippen molar-refractivity contribution in [1.29, 1.82) is 5.41 Å². The highest BCUT2D eigenvalue weighted by atomic mass is 16.5. The number of carbonyl (C=O) groups is 1. The molecule has 0 fully saturated rings. The first kappa shape index (κ1) is 11.2. The molecule has 0 bridgehead atoms. The standard InChI is InChI=1S/C11H14N2O2/c1-3-9(12)8-6-7(11(14)15-2)4-5-10(8)13/h4-6,12H,3,13H2,1-2H3. The number of carbonyl (C=O) groups excluding carboxylic acids is 1. The van der Waals surface area contributed by atoms with Gasteiger partial charge in [0.25, 0.3) is 0 Å². The molecule has 0 atom stereocenters. The van der Waals surface area contributed by atoms with Crippen LogP contribution < -0.4 is 5.73 Å². The Morgan fingerprint density at radius 1 is 1.53 bits per heavy atom. The van der Waals surface area contributed by atoms with E-state index in [1.165, 1.54) is 7.11 Å². The Kier molecular flexibility index (Phi) is 3.44. The number of ether oxygens (including phenoxy) is 1. The van der Waals surface area contributed by atoms with Crippen LogP contribution >= 0.6 is 0 Å². The van der Waals surface area contributed by atoms with E-state index in [-0.39, 0.29) is 0 Å². The van der Waals surface area contributed by atoms with E-state index in [1.807, 2.05) is 6.92 Å². The lowest BCUT2D eigenvalue weighted by Crippen LogP contribution is -2.07. The van der Waals surface area contributed by atoms with Crippen molar-refractivity contribution in [3.63, 3.8) is 0 Å². The number of esters is 1. The van der Waals surface area contributed by atoms with Gasteiger partial charge in [-0.15, -0.1) is 0 Å². The summed E-state index contributed by atoms with van der Waals surface area (Å²) in [5.41, 5.74) is 7.65. The molecule has 1 rings (SSSR count). The number of hydrogen-bond donors (Lipinski definition) is 2. The highest BCUT2D eigenvalue weighted by Crippen LogP contribution is 2.16. The minimum absolute atomic E-state index is 0.415. The molecule has 4 nitrogen and oxygen atoms in total. The van der Waals surface area contributed by atoms with Crippen LogP contribution in [0.15, 0.2) is 18.2 Å². The first-order valence-electron chi connectivity index (χ1n) is 4.65. The van der Waals surface area contributed by atoms with Crippen molar-refractivity contribution >= 4 is 17.4 Å². The van der Waals surface area contributed by atoms with Gasteiger partial charge in [0.15, 0.2) is 0 Å². The Hall–Kier alpha value is -1.84. The molecule has 4 heteroatoms. The predicted molar refractivity (Wildman–Crippen MR) is 59.3 cm³/mol. The molecule has 0 aromatic heterocycles. The lowest BCUT2D eigenvalue weighted by Gasteiger charge is -2.07. The van der Waals surface area contributed by atoms with Crippen molar-refractivity contribution < 1.29 is 9.53 Å². The number of anilines is 1. The first-order valence-corrected chi connectivity index (χ1v) is 4.65. The van der Waals surface area contributed by atoms with Crippen molar-refractivity contribution in [2.45, 2.75) is 13.3 Å².